The minimum Gasteiger partial charge on any atom is -0.461 e. The predicted octanol–water partition coefficient (Wildman–Crippen LogP) is 3.05. The molecule has 0 radical (unpaired) electrons. The zero-order valence-electron chi connectivity index (χ0n) is 20.7. The number of sulfonamides is 1. The molecular weight excluding hydrogens is 510 g/mol. The third-order valence-electron chi connectivity index (χ3n) is 5.27. The van der Waals surface area contributed by atoms with Crippen LogP contribution in [-0.4, -0.2) is 43.7 Å². The standard InChI is InChI=1S/C27H27N3O7S/c1-2-16-37-27(34)23-15-14-21(18-28-23)26(33)30-38(35,36)22-12-7-11-20(17-22)25(32)29-24(31)13-6-10-19-8-4-3-5-9-19/h3-5,7-9,11-12,14-15,17-18H,2,6,10,13,16H2,1H3,(H,30,33)(H,29,31,32). The van der Waals surface area contributed by atoms with Crippen molar-refractivity contribution in [2.75, 3.05) is 6.61 Å². The molecule has 2 N–H and O–H groups in total. The molecule has 198 valence electrons. The van der Waals surface area contributed by atoms with E-state index in [1.165, 1.54) is 30.3 Å². The second-order valence-electron chi connectivity index (χ2n) is 8.25. The van der Waals surface area contributed by atoms with Crippen LogP contribution in [0.25, 0.3) is 0 Å². The molecule has 0 atom stereocenters. The first kappa shape index (κ1) is 28.2. The van der Waals surface area contributed by atoms with E-state index >= 15 is 0 Å². The Morgan fingerprint density at radius 3 is 2.34 bits per heavy atom. The number of hydrogen-bond donors (Lipinski definition) is 2. The summed E-state index contributed by atoms with van der Waals surface area (Å²) in [6.07, 6.45) is 3.03. The van der Waals surface area contributed by atoms with Gasteiger partial charge in [-0.15, -0.1) is 0 Å². The van der Waals surface area contributed by atoms with Crippen LogP contribution in [0.15, 0.2) is 77.8 Å². The van der Waals surface area contributed by atoms with Gasteiger partial charge in [-0.3, -0.25) is 19.7 Å². The van der Waals surface area contributed by atoms with Crippen LogP contribution in [0.4, 0.5) is 0 Å². The highest BCUT2D eigenvalue weighted by atomic mass is 32.2. The van der Waals surface area contributed by atoms with E-state index in [0.29, 0.717) is 19.3 Å². The molecular formula is C27H27N3O7S. The number of benzene rings is 2. The maximum absolute atomic E-state index is 12.8. The predicted molar refractivity (Wildman–Crippen MR) is 138 cm³/mol. The monoisotopic (exact) mass is 537 g/mol. The molecule has 3 rings (SSSR count). The summed E-state index contributed by atoms with van der Waals surface area (Å²) >= 11 is 0. The third-order valence-corrected chi connectivity index (χ3v) is 6.60. The van der Waals surface area contributed by atoms with Crippen LogP contribution in [-0.2, 0) is 26.0 Å². The van der Waals surface area contributed by atoms with Crippen molar-refractivity contribution in [2.45, 2.75) is 37.5 Å². The number of esters is 1. The third kappa shape index (κ3) is 8.07. The highest BCUT2D eigenvalue weighted by molar-refractivity contribution is 7.90. The van der Waals surface area contributed by atoms with Crippen molar-refractivity contribution in [1.82, 2.24) is 15.0 Å². The summed E-state index contributed by atoms with van der Waals surface area (Å²) in [5.41, 5.74) is 0.892. The van der Waals surface area contributed by atoms with E-state index in [0.717, 1.165) is 17.8 Å². The molecule has 3 aromatic rings. The van der Waals surface area contributed by atoms with E-state index in [1.54, 1.807) is 0 Å². The molecule has 0 unspecified atom stereocenters. The van der Waals surface area contributed by atoms with Gasteiger partial charge in [-0.05, 0) is 55.2 Å². The molecule has 3 amide bonds. The summed E-state index contributed by atoms with van der Waals surface area (Å²) in [5.74, 6) is -2.87. The van der Waals surface area contributed by atoms with Crippen LogP contribution in [0, 0.1) is 0 Å². The molecule has 0 saturated carbocycles. The zero-order chi connectivity index (χ0) is 27.5. The Kier molecular flexibility index (Phi) is 9.83. The molecule has 0 saturated heterocycles. The van der Waals surface area contributed by atoms with Gasteiger partial charge in [0.15, 0.2) is 0 Å². The van der Waals surface area contributed by atoms with Crippen LogP contribution in [0.1, 0.15) is 63.0 Å². The molecule has 2 aromatic carbocycles. The fourth-order valence-electron chi connectivity index (χ4n) is 3.32. The highest BCUT2D eigenvalue weighted by Gasteiger charge is 2.21. The minimum atomic E-state index is -4.36. The molecule has 0 aliphatic carbocycles. The number of nitrogens with one attached hydrogen (secondary N) is 2. The fourth-order valence-corrected chi connectivity index (χ4v) is 4.34. The zero-order valence-corrected chi connectivity index (χ0v) is 21.5. The SMILES string of the molecule is CCCOC(=O)c1ccc(C(=O)NS(=O)(=O)c2cccc(C(=O)NC(=O)CCCc3ccccc3)c2)cn1. The summed E-state index contributed by atoms with van der Waals surface area (Å²) < 4.78 is 32.4. The molecule has 11 heteroatoms. The van der Waals surface area contributed by atoms with Crippen molar-refractivity contribution in [3.05, 3.63) is 95.3 Å². The Hall–Kier alpha value is -4.38. The van der Waals surface area contributed by atoms with E-state index in [-0.39, 0.29) is 34.7 Å². The Bertz CT molecular complexity index is 1410. The highest BCUT2D eigenvalue weighted by Crippen LogP contribution is 2.13. The van der Waals surface area contributed by atoms with Gasteiger partial charge in [0.05, 0.1) is 17.1 Å². The lowest BCUT2D eigenvalue weighted by molar-refractivity contribution is -0.120. The summed E-state index contributed by atoms with van der Waals surface area (Å²) in [4.78, 5) is 52.5. The van der Waals surface area contributed by atoms with Crippen molar-refractivity contribution < 1.29 is 32.3 Å². The van der Waals surface area contributed by atoms with Crippen molar-refractivity contribution in [3.8, 4) is 0 Å². The van der Waals surface area contributed by atoms with Crippen molar-refractivity contribution in [2.24, 2.45) is 0 Å². The van der Waals surface area contributed by atoms with E-state index < -0.39 is 33.7 Å². The number of ether oxygens (including phenoxy) is 1. The number of nitrogens with zero attached hydrogens (tertiary/aromatic N) is 1. The molecule has 38 heavy (non-hydrogen) atoms. The Morgan fingerprint density at radius 2 is 1.66 bits per heavy atom. The first-order chi connectivity index (χ1) is 18.2. The molecule has 0 spiro atoms. The van der Waals surface area contributed by atoms with Gasteiger partial charge in [-0.2, -0.15) is 0 Å². The number of amides is 3. The van der Waals surface area contributed by atoms with E-state index in [2.05, 4.69) is 10.3 Å². The molecule has 0 bridgehead atoms. The van der Waals surface area contributed by atoms with E-state index in [1.807, 2.05) is 42.0 Å². The van der Waals surface area contributed by atoms with Gasteiger partial charge in [0.1, 0.15) is 5.69 Å². The van der Waals surface area contributed by atoms with Gasteiger partial charge >= 0.3 is 5.97 Å². The van der Waals surface area contributed by atoms with Crippen LogP contribution in [0.2, 0.25) is 0 Å². The van der Waals surface area contributed by atoms with E-state index in [9.17, 15) is 27.6 Å². The lowest BCUT2D eigenvalue weighted by Crippen LogP contribution is -2.32. The van der Waals surface area contributed by atoms with Crippen LogP contribution in [0.5, 0.6) is 0 Å². The van der Waals surface area contributed by atoms with E-state index in [4.69, 9.17) is 4.74 Å². The van der Waals surface area contributed by atoms with Gasteiger partial charge < -0.3 is 4.74 Å². The molecule has 0 aliphatic rings. The molecule has 1 heterocycles. The number of carbonyl (C=O) groups is 4. The average Bonchev–Trinajstić information content (AvgIpc) is 2.92. The number of hydrogen-bond acceptors (Lipinski definition) is 8. The van der Waals surface area contributed by atoms with Gasteiger partial charge in [-0.1, -0.05) is 43.3 Å². The first-order valence-electron chi connectivity index (χ1n) is 11.9. The number of aromatic nitrogens is 1. The number of pyridine rings is 1. The van der Waals surface area contributed by atoms with Crippen molar-refractivity contribution in [3.63, 3.8) is 0 Å². The van der Waals surface area contributed by atoms with Crippen molar-refractivity contribution >= 4 is 33.7 Å². The largest absolute Gasteiger partial charge is 0.461 e. The lowest BCUT2D eigenvalue weighted by atomic mass is 10.1. The van der Waals surface area contributed by atoms with Crippen LogP contribution < -0.4 is 10.0 Å². The quantitative estimate of drug-likeness (QED) is 0.355. The summed E-state index contributed by atoms with van der Waals surface area (Å²) in [7, 11) is -4.36. The second kappa shape index (κ2) is 13.2. The van der Waals surface area contributed by atoms with Gasteiger partial charge in [-0.25, -0.2) is 22.9 Å². The van der Waals surface area contributed by atoms with Gasteiger partial charge in [0.2, 0.25) is 5.91 Å². The Balaban J connectivity index is 1.59. The van der Waals surface area contributed by atoms with Gasteiger partial charge in [0, 0.05) is 18.2 Å². The molecule has 0 aliphatic heterocycles. The minimum absolute atomic E-state index is 0.0221. The smallest absolute Gasteiger partial charge is 0.356 e. The average molecular weight is 538 g/mol. The number of carbonyl (C=O) groups excluding carboxylic acids is 4. The van der Waals surface area contributed by atoms with Crippen LogP contribution in [0.3, 0.4) is 0 Å². The maximum Gasteiger partial charge on any atom is 0.356 e. The van der Waals surface area contributed by atoms with Gasteiger partial charge in [0.25, 0.3) is 21.8 Å². The first-order valence-corrected chi connectivity index (χ1v) is 13.4. The number of imide groups is 1. The Labute approximate surface area is 220 Å². The summed E-state index contributed by atoms with van der Waals surface area (Å²) in [6, 6.07) is 17.1. The maximum atomic E-state index is 12.8. The summed E-state index contributed by atoms with van der Waals surface area (Å²) in [5, 5.41) is 2.25. The Morgan fingerprint density at radius 1 is 0.895 bits per heavy atom. The number of aryl methyl sites for hydroxylation is 1. The molecule has 1 aromatic heterocycles. The molecule has 0 fully saturated rings. The van der Waals surface area contributed by atoms with Crippen LogP contribution >= 0.6 is 0 Å². The summed E-state index contributed by atoms with van der Waals surface area (Å²) in [6.45, 7) is 2.06. The normalized spacial score (nSPS) is 10.9. The number of rotatable bonds is 11. The van der Waals surface area contributed by atoms with Crippen molar-refractivity contribution in [1.29, 1.82) is 0 Å². The topological polar surface area (TPSA) is 149 Å². The lowest BCUT2D eigenvalue weighted by Gasteiger charge is -2.09. The fraction of sp³-hybridized carbons (Fsp3) is 0.222. The molecule has 10 nitrogen and oxygen atoms in total. The second-order valence-corrected chi connectivity index (χ2v) is 9.93.